The van der Waals surface area contributed by atoms with Gasteiger partial charge < -0.3 is 25.8 Å². The number of nitrogens with two attached hydrogens (primary N) is 1. The van der Waals surface area contributed by atoms with Crippen molar-refractivity contribution < 1.29 is 41.5 Å². The van der Waals surface area contributed by atoms with Crippen LogP contribution in [-0.2, 0) is 37.3 Å². The summed E-state index contributed by atoms with van der Waals surface area (Å²) in [6, 6.07) is 9.31. The van der Waals surface area contributed by atoms with Crippen molar-refractivity contribution in [1.82, 2.24) is 25.0 Å². The molecule has 2 bridgehead atoms. The van der Waals surface area contributed by atoms with Crippen molar-refractivity contribution in [3.63, 3.8) is 0 Å². The second-order valence-corrected chi connectivity index (χ2v) is 23.5. The van der Waals surface area contributed by atoms with E-state index in [1.54, 1.807) is 17.0 Å². The van der Waals surface area contributed by atoms with Crippen LogP contribution in [0.25, 0.3) is 0 Å². The monoisotopic (exact) mass is 986 g/mol. The minimum atomic E-state index is -4.70. The molecule has 9 aliphatic rings. The lowest BCUT2D eigenvalue weighted by molar-refractivity contribution is -0.160. The van der Waals surface area contributed by atoms with E-state index in [1.165, 1.54) is 12.3 Å². The van der Waals surface area contributed by atoms with Gasteiger partial charge >= 0.3 is 6.18 Å². The zero-order valence-corrected chi connectivity index (χ0v) is 40.4. The van der Waals surface area contributed by atoms with Crippen LogP contribution in [0.15, 0.2) is 48.7 Å². The number of halogens is 5. The number of alkyl halides is 3. The number of carbonyl (C=O) groups is 5. The van der Waals surface area contributed by atoms with Crippen molar-refractivity contribution in [2.75, 3.05) is 42.9 Å². The quantitative estimate of drug-likeness (QED) is 0.163. The van der Waals surface area contributed by atoms with Crippen LogP contribution >= 0.6 is 11.6 Å². The van der Waals surface area contributed by atoms with E-state index < -0.39 is 69.9 Å². The molecule has 372 valence electrons. The molecule has 3 aromatic rings. The Morgan fingerprint density at radius 1 is 0.943 bits per heavy atom. The number of rotatable bonds is 7. The van der Waals surface area contributed by atoms with Crippen molar-refractivity contribution in [2.24, 2.45) is 22.0 Å². The van der Waals surface area contributed by atoms with Crippen LogP contribution in [-0.4, -0.2) is 106 Å². The Kier molecular flexibility index (Phi) is 10.8. The molecule has 3 saturated carbocycles. The molecule has 70 heavy (non-hydrogen) atoms. The average molecular weight is 988 g/mol. The fourth-order valence-electron chi connectivity index (χ4n) is 14.5. The maximum absolute atomic E-state index is 16.6. The molecule has 2 spiro atoms. The highest BCUT2D eigenvalue weighted by Gasteiger charge is 2.70. The van der Waals surface area contributed by atoms with E-state index in [2.05, 4.69) is 51.1 Å². The summed E-state index contributed by atoms with van der Waals surface area (Å²) < 4.78 is 58.9. The minimum Gasteiger partial charge on any atom is -0.384 e. The second kappa shape index (κ2) is 16.1. The fourth-order valence-corrected chi connectivity index (χ4v) is 14.7. The van der Waals surface area contributed by atoms with Crippen molar-refractivity contribution >= 4 is 52.5 Å². The maximum Gasteiger partial charge on any atom is 0.433 e. The van der Waals surface area contributed by atoms with Gasteiger partial charge in [-0.1, -0.05) is 44.5 Å². The third kappa shape index (κ3) is 7.23. The highest BCUT2D eigenvalue weighted by molar-refractivity contribution is 6.30. The Morgan fingerprint density at radius 2 is 1.64 bits per heavy atom. The summed E-state index contributed by atoms with van der Waals surface area (Å²) in [5.41, 5.74) is 6.23. The van der Waals surface area contributed by atoms with E-state index in [-0.39, 0.29) is 57.8 Å². The van der Waals surface area contributed by atoms with Gasteiger partial charge in [-0.05, 0) is 111 Å². The first-order chi connectivity index (χ1) is 33.1. The molecule has 2 aromatic carbocycles. The van der Waals surface area contributed by atoms with E-state index >= 15 is 4.39 Å². The molecule has 4 N–H and O–H groups in total. The van der Waals surface area contributed by atoms with Gasteiger partial charge in [-0.3, -0.25) is 39.2 Å². The number of hydrogen-bond donors (Lipinski definition) is 3. The average Bonchev–Trinajstić information content (AvgIpc) is 3.95. The lowest BCUT2D eigenvalue weighted by atomic mass is 9.55. The molecule has 1 aromatic heterocycles. The van der Waals surface area contributed by atoms with E-state index in [4.69, 9.17) is 17.3 Å². The minimum absolute atomic E-state index is 0.0599. The van der Waals surface area contributed by atoms with Gasteiger partial charge in [0.25, 0.3) is 5.91 Å². The number of imide groups is 1. The normalized spacial score (nSPS) is 31.5. The SMILES string of the molecule is CC(C)(C)C[C@@H]1N(C23CCC(C(=O)N4CCC5(CC4)CN(c4ccc6c(c4)CN(C4CCC(=O)NC4=O)C6=O)C5)(CC2)CC3)[C@@H](C(N)=O)[C@H](c2cccc(Cl)c2F)[C@]12CNc1cc(C(F)(F)F)ncc12. The van der Waals surface area contributed by atoms with E-state index in [9.17, 15) is 37.1 Å². The van der Waals surface area contributed by atoms with Crippen LogP contribution in [0.2, 0.25) is 5.02 Å². The van der Waals surface area contributed by atoms with Gasteiger partial charge in [0.05, 0.1) is 11.1 Å². The van der Waals surface area contributed by atoms with Crippen molar-refractivity contribution in [2.45, 2.75) is 139 Å². The van der Waals surface area contributed by atoms with Crippen molar-refractivity contribution in [1.29, 1.82) is 0 Å². The van der Waals surface area contributed by atoms with Gasteiger partial charge in [-0.15, -0.1) is 0 Å². The van der Waals surface area contributed by atoms with Crippen LogP contribution in [0.5, 0.6) is 0 Å². The topological polar surface area (TPSA) is 161 Å². The van der Waals surface area contributed by atoms with Crippen molar-refractivity contribution in [3.8, 4) is 0 Å². The Labute approximate surface area is 409 Å². The summed E-state index contributed by atoms with van der Waals surface area (Å²) >= 11 is 6.47. The second-order valence-electron chi connectivity index (χ2n) is 23.1. The molecule has 6 aliphatic heterocycles. The number of carbonyl (C=O) groups excluding carboxylic acids is 5. The van der Waals surface area contributed by atoms with Crippen LogP contribution < -0.4 is 21.3 Å². The number of aromatic nitrogens is 1. The third-order valence-electron chi connectivity index (χ3n) is 18.0. The zero-order valence-electron chi connectivity index (χ0n) is 39.7. The maximum atomic E-state index is 16.6. The smallest absolute Gasteiger partial charge is 0.384 e. The molecular weight excluding hydrogens is 928 g/mol. The molecule has 3 aliphatic carbocycles. The molecule has 7 heterocycles. The zero-order chi connectivity index (χ0) is 49.5. The van der Waals surface area contributed by atoms with Crippen LogP contribution in [0, 0.1) is 22.1 Å². The van der Waals surface area contributed by atoms with Gasteiger partial charge in [0.15, 0.2) is 0 Å². The number of piperidine rings is 2. The first-order valence-corrected chi connectivity index (χ1v) is 25.1. The molecule has 7 fully saturated rings. The summed E-state index contributed by atoms with van der Waals surface area (Å²) in [5, 5.41) is 5.49. The first-order valence-electron chi connectivity index (χ1n) is 24.7. The van der Waals surface area contributed by atoms with E-state index in [1.807, 2.05) is 18.2 Å². The number of anilines is 2. The number of amides is 5. The van der Waals surface area contributed by atoms with Crippen LogP contribution in [0.4, 0.5) is 28.9 Å². The third-order valence-corrected chi connectivity index (χ3v) is 18.3. The molecule has 1 unspecified atom stereocenters. The molecule has 12 rings (SSSR count). The van der Waals surface area contributed by atoms with Gasteiger partial charge in [0, 0.05) is 108 Å². The Balaban J connectivity index is 0.813. The molecule has 0 radical (unpaired) electrons. The summed E-state index contributed by atoms with van der Waals surface area (Å²) in [7, 11) is 0. The Hall–Kier alpha value is -5.29. The van der Waals surface area contributed by atoms with Gasteiger partial charge in [0.1, 0.15) is 17.6 Å². The number of pyridine rings is 1. The largest absolute Gasteiger partial charge is 0.433 e. The van der Waals surface area contributed by atoms with Crippen LogP contribution in [0.3, 0.4) is 0 Å². The number of hydrogen-bond acceptors (Lipinski definition) is 9. The molecule has 13 nitrogen and oxygen atoms in total. The van der Waals surface area contributed by atoms with Gasteiger partial charge in [-0.2, -0.15) is 13.2 Å². The standard InChI is InChI=1S/C52H59ClF4N8O5/c1-47(2,3)23-38-51(26-60-35-22-37(52(55,56)57)59-24-33(35)51)40(32-5-4-6-34(53)41(32)54)42(43(58)67)65(38)50-14-11-49(12-15-50,13-16-50)46(70)62-19-17-48(18-20-62)27-63(28-48)30-7-8-31-29(21-30)25-64(45(31)69)36-9-10-39(66)61-44(36)68/h4-8,21-22,24,36,38,40,42,60H,9-20,23,25-28H2,1-3H3,(H2,58,67)(H,61,66,68)/t36?,38-,40-,42+,49?,50?,51-/m0/s1. The summed E-state index contributed by atoms with van der Waals surface area (Å²) in [4.78, 5) is 78.9. The predicted octanol–water partition coefficient (Wildman–Crippen LogP) is 7.30. The van der Waals surface area contributed by atoms with E-state index in [0.717, 1.165) is 43.2 Å². The predicted molar refractivity (Wildman–Crippen MR) is 252 cm³/mol. The van der Waals surface area contributed by atoms with Gasteiger partial charge in [-0.25, -0.2) is 4.39 Å². The van der Waals surface area contributed by atoms with Gasteiger partial charge in [0.2, 0.25) is 23.6 Å². The van der Waals surface area contributed by atoms with E-state index in [0.29, 0.717) is 82.1 Å². The molecule has 18 heteroatoms. The summed E-state index contributed by atoms with van der Waals surface area (Å²) in [6.45, 7) is 9.66. The number of likely N-dealkylation sites (tertiary alicyclic amines) is 2. The summed E-state index contributed by atoms with van der Waals surface area (Å²) in [5.74, 6) is -3.06. The summed E-state index contributed by atoms with van der Waals surface area (Å²) in [6.07, 6.45) is 2.89. The van der Waals surface area contributed by atoms with Crippen LogP contribution in [0.1, 0.15) is 130 Å². The molecule has 5 atom stereocenters. The Morgan fingerprint density at radius 3 is 2.29 bits per heavy atom. The molecular formula is C52H59ClF4N8O5. The number of primary amides is 1. The Bertz CT molecular complexity index is 2710. The molecule has 5 amide bonds. The lowest BCUT2D eigenvalue weighted by Crippen LogP contribution is -2.66. The first kappa shape index (κ1) is 47.1. The molecule has 4 saturated heterocycles. The number of nitrogens with one attached hydrogen (secondary N) is 2. The highest BCUT2D eigenvalue weighted by atomic mass is 35.5. The number of nitrogens with zero attached hydrogens (tertiary/aromatic N) is 5. The number of fused-ring (bicyclic) bond motifs is 6. The number of benzene rings is 2. The lowest BCUT2D eigenvalue weighted by Gasteiger charge is -2.60. The fraction of sp³-hybridized carbons (Fsp3) is 0.577. The van der Waals surface area contributed by atoms with Crippen molar-refractivity contribution in [3.05, 3.63) is 87.4 Å². The highest BCUT2D eigenvalue weighted by Crippen LogP contribution is 2.66.